The van der Waals surface area contributed by atoms with E-state index >= 15 is 0 Å². The molecule has 64 valence electrons. The van der Waals surface area contributed by atoms with Crippen LogP contribution in [0.15, 0.2) is 0 Å². The lowest BCUT2D eigenvalue weighted by Crippen LogP contribution is -2.54. The van der Waals surface area contributed by atoms with E-state index in [0.717, 1.165) is 19.6 Å². The number of rotatable bonds is 0. The number of guanidine groups is 1. The molecule has 0 aromatic heterocycles. The molecule has 4 nitrogen and oxygen atoms in total. The van der Waals surface area contributed by atoms with E-state index in [9.17, 15) is 0 Å². The van der Waals surface area contributed by atoms with Gasteiger partial charge in [0.1, 0.15) is 0 Å². The van der Waals surface area contributed by atoms with E-state index in [2.05, 4.69) is 18.9 Å². The molecule has 11 heavy (non-hydrogen) atoms. The van der Waals surface area contributed by atoms with Crippen molar-refractivity contribution in [2.45, 2.75) is 13.0 Å². The third-order valence-electron chi connectivity index (χ3n) is 2.14. The van der Waals surface area contributed by atoms with Crippen molar-refractivity contribution in [3.8, 4) is 0 Å². The molecule has 1 saturated heterocycles. The molecule has 0 spiro atoms. The molecule has 1 fully saturated rings. The van der Waals surface area contributed by atoms with Crippen molar-refractivity contribution in [3.05, 3.63) is 0 Å². The number of nitrogens with one attached hydrogen (secondary N) is 1. The maximum atomic E-state index is 7.27. The van der Waals surface area contributed by atoms with Gasteiger partial charge in [-0.2, -0.15) is 0 Å². The van der Waals surface area contributed by atoms with Crippen LogP contribution in [0.1, 0.15) is 6.92 Å². The van der Waals surface area contributed by atoms with Crippen LogP contribution < -0.4 is 5.73 Å². The second-order valence-electron chi connectivity index (χ2n) is 3.19. The Balaban J connectivity index is 2.50. The normalized spacial score (nSPS) is 27.1. The van der Waals surface area contributed by atoms with E-state index in [4.69, 9.17) is 11.1 Å². The van der Waals surface area contributed by atoms with Crippen molar-refractivity contribution >= 4 is 5.96 Å². The van der Waals surface area contributed by atoms with Gasteiger partial charge in [0.2, 0.25) is 0 Å². The van der Waals surface area contributed by atoms with E-state index in [-0.39, 0.29) is 5.96 Å². The molecule has 3 N–H and O–H groups in total. The molecule has 1 rings (SSSR count). The SMILES string of the molecule is CC1CN(C)CCN1C(=N)N. The molecule has 0 aliphatic carbocycles. The molecular weight excluding hydrogens is 140 g/mol. The molecule has 0 saturated carbocycles. The smallest absolute Gasteiger partial charge is 0.188 e. The van der Waals surface area contributed by atoms with Gasteiger partial charge in [0.25, 0.3) is 0 Å². The van der Waals surface area contributed by atoms with Crippen LogP contribution in [0.4, 0.5) is 0 Å². The highest BCUT2D eigenvalue weighted by molar-refractivity contribution is 5.75. The van der Waals surface area contributed by atoms with Gasteiger partial charge in [-0.05, 0) is 14.0 Å². The fraction of sp³-hybridized carbons (Fsp3) is 0.857. The van der Waals surface area contributed by atoms with Gasteiger partial charge in [-0.3, -0.25) is 5.41 Å². The molecule has 0 bridgehead atoms. The minimum atomic E-state index is 0.200. The molecule has 1 unspecified atom stereocenters. The van der Waals surface area contributed by atoms with Crippen molar-refractivity contribution in [2.75, 3.05) is 26.7 Å². The number of likely N-dealkylation sites (N-methyl/N-ethyl adjacent to an activating group) is 1. The molecule has 0 aromatic carbocycles. The highest BCUT2D eigenvalue weighted by Crippen LogP contribution is 2.05. The first kappa shape index (κ1) is 8.33. The lowest BCUT2D eigenvalue weighted by atomic mass is 10.2. The second-order valence-corrected chi connectivity index (χ2v) is 3.19. The maximum Gasteiger partial charge on any atom is 0.188 e. The zero-order chi connectivity index (χ0) is 8.43. The third kappa shape index (κ3) is 1.83. The first-order valence-corrected chi connectivity index (χ1v) is 3.90. The van der Waals surface area contributed by atoms with Crippen LogP contribution in [0.3, 0.4) is 0 Å². The van der Waals surface area contributed by atoms with Crippen LogP contribution in [0.2, 0.25) is 0 Å². The summed E-state index contributed by atoms with van der Waals surface area (Å²) in [5.41, 5.74) is 5.39. The van der Waals surface area contributed by atoms with Gasteiger partial charge in [0.05, 0.1) is 0 Å². The van der Waals surface area contributed by atoms with Crippen LogP contribution in [-0.2, 0) is 0 Å². The molecule has 1 aliphatic rings. The quantitative estimate of drug-likeness (QED) is 0.368. The average molecular weight is 156 g/mol. The van der Waals surface area contributed by atoms with E-state index < -0.39 is 0 Å². The summed E-state index contributed by atoms with van der Waals surface area (Å²) in [6.45, 7) is 4.98. The Morgan fingerprint density at radius 1 is 1.55 bits per heavy atom. The van der Waals surface area contributed by atoms with Gasteiger partial charge in [-0.15, -0.1) is 0 Å². The highest BCUT2D eigenvalue weighted by Gasteiger charge is 2.21. The van der Waals surface area contributed by atoms with E-state index in [1.165, 1.54) is 0 Å². The molecule has 0 aromatic rings. The lowest BCUT2D eigenvalue weighted by Gasteiger charge is -2.38. The molecule has 0 radical (unpaired) electrons. The largest absolute Gasteiger partial charge is 0.370 e. The molecule has 4 heteroatoms. The molecule has 0 amide bonds. The number of hydrogen-bond donors (Lipinski definition) is 2. The van der Waals surface area contributed by atoms with Gasteiger partial charge in [-0.1, -0.05) is 0 Å². The minimum absolute atomic E-state index is 0.200. The average Bonchev–Trinajstić information content (AvgIpc) is 1.85. The van der Waals surface area contributed by atoms with Crippen molar-refractivity contribution in [2.24, 2.45) is 5.73 Å². The zero-order valence-electron chi connectivity index (χ0n) is 7.17. The summed E-state index contributed by atoms with van der Waals surface area (Å²) in [5, 5.41) is 7.27. The Labute approximate surface area is 67.5 Å². The Morgan fingerprint density at radius 2 is 2.18 bits per heavy atom. The summed E-state index contributed by atoms with van der Waals surface area (Å²) < 4.78 is 0. The third-order valence-corrected chi connectivity index (χ3v) is 2.14. The van der Waals surface area contributed by atoms with Gasteiger partial charge in [0, 0.05) is 25.7 Å². The van der Waals surface area contributed by atoms with Crippen molar-refractivity contribution in [3.63, 3.8) is 0 Å². The van der Waals surface area contributed by atoms with Crippen molar-refractivity contribution in [1.29, 1.82) is 5.41 Å². The summed E-state index contributed by atoms with van der Waals surface area (Å²) in [6, 6.07) is 0.381. The van der Waals surface area contributed by atoms with Gasteiger partial charge >= 0.3 is 0 Å². The molecule has 1 atom stereocenters. The predicted molar refractivity (Wildman–Crippen MR) is 45.6 cm³/mol. The summed E-state index contributed by atoms with van der Waals surface area (Å²) in [7, 11) is 2.09. The fourth-order valence-corrected chi connectivity index (χ4v) is 1.50. The molecular formula is C7H16N4. The highest BCUT2D eigenvalue weighted by atomic mass is 15.3. The minimum Gasteiger partial charge on any atom is -0.370 e. The van der Waals surface area contributed by atoms with Crippen LogP contribution in [0, 0.1) is 5.41 Å². The summed E-state index contributed by atoms with van der Waals surface area (Å²) in [5.74, 6) is 0.200. The number of hydrogen-bond acceptors (Lipinski definition) is 2. The maximum absolute atomic E-state index is 7.27. The second kappa shape index (κ2) is 3.09. The standard InChI is InChI=1S/C7H16N4/c1-6-5-10(2)3-4-11(6)7(8)9/h6H,3-5H2,1-2H3,(H3,8,9). The fourth-order valence-electron chi connectivity index (χ4n) is 1.50. The van der Waals surface area contributed by atoms with Crippen molar-refractivity contribution in [1.82, 2.24) is 9.80 Å². The summed E-state index contributed by atoms with van der Waals surface area (Å²) >= 11 is 0. The van der Waals surface area contributed by atoms with Crippen LogP contribution in [-0.4, -0.2) is 48.5 Å². The van der Waals surface area contributed by atoms with Crippen LogP contribution in [0.25, 0.3) is 0 Å². The van der Waals surface area contributed by atoms with Gasteiger partial charge < -0.3 is 15.5 Å². The first-order valence-electron chi connectivity index (χ1n) is 3.90. The van der Waals surface area contributed by atoms with Gasteiger partial charge in [0.15, 0.2) is 5.96 Å². The number of nitrogens with zero attached hydrogens (tertiary/aromatic N) is 2. The molecule has 1 heterocycles. The summed E-state index contributed by atoms with van der Waals surface area (Å²) in [6.07, 6.45) is 0. The Bertz CT molecular complexity index is 157. The Kier molecular flexibility index (Phi) is 2.34. The van der Waals surface area contributed by atoms with E-state index in [1.807, 2.05) is 4.90 Å². The zero-order valence-corrected chi connectivity index (χ0v) is 7.17. The predicted octanol–water partition coefficient (Wildman–Crippen LogP) is -0.484. The topological polar surface area (TPSA) is 56.4 Å². The van der Waals surface area contributed by atoms with Crippen LogP contribution in [0.5, 0.6) is 0 Å². The summed E-state index contributed by atoms with van der Waals surface area (Å²) in [4.78, 5) is 4.18. The van der Waals surface area contributed by atoms with Crippen molar-refractivity contribution < 1.29 is 0 Å². The molecule has 1 aliphatic heterocycles. The Morgan fingerprint density at radius 3 is 2.64 bits per heavy atom. The van der Waals surface area contributed by atoms with E-state index in [1.54, 1.807) is 0 Å². The van der Waals surface area contributed by atoms with Gasteiger partial charge in [-0.25, -0.2) is 0 Å². The monoisotopic (exact) mass is 156 g/mol. The van der Waals surface area contributed by atoms with E-state index in [0.29, 0.717) is 6.04 Å². The number of nitrogens with two attached hydrogens (primary N) is 1. The first-order chi connectivity index (χ1) is 5.11. The Hall–Kier alpha value is -0.770. The number of piperazine rings is 1. The lowest BCUT2D eigenvalue weighted by molar-refractivity contribution is 0.159. The van der Waals surface area contributed by atoms with Crippen LogP contribution >= 0.6 is 0 Å².